The molecule has 2 aromatic rings. The largest absolute Gasteiger partial charge is 0.494 e. The first-order chi connectivity index (χ1) is 12.7. The predicted molar refractivity (Wildman–Crippen MR) is 98.7 cm³/mol. The molecule has 1 N–H and O–H groups in total. The van der Waals surface area contributed by atoms with E-state index in [-0.39, 0.29) is 11.8 Å². The Morgan fingerprint density at radius 2 is 1.62 bits per heavy atom. The second kappa shape index (κ2) is 8.49. The molecule has 0 radical (unpaired) electrons. The summed E-state index contributed by atoms with van der Waals surface area (Å²) in [6.45, 7) is 4.85. The highest BCUT2D eigenvalue weighted by molar-refractivity contribution is 6.04. The van der Waals surface area contributed by atoms with Crippen LogP contribution in [-0.2, 0) is 4.74 Å². The van der Waals surface area contributed by atoms with Crippen LogP contribution < -0.4 is 10.1 Å². The van der Waals surface area contributed by atoms with Crippen molar-refractivity contribution in [2.45, 2.75) is 6.92 Å². The summed E-state index contributed by atoms with van der Waals surface area (Å²) in [5.41, 5.74) is 1.79. The first-order valence-corrected chi connectivity index (χ1v) is 8.68. The van der Waals surface area contributed by atoms with Crippen molar-refractivity contribution in [3.8, 4) is 5.75 Å². The fourth-order valence-corrected chi connectivity index (χ4v) is 2.72. The van der Waals surface area contributed by atoms with Crippen molar-refractivity contribution in [3.05, 3.63) is 59.7 Å². The van der Waals surface area contributed by atoms with Gasteiger partial charge in [0.05, 0.1) is 19.8 Å². The van der Waals surface area contributed by atoms with Gasteiger partial charge in [0.1, 0.15) is 5.75 Å². The minimum Gasteiger partial charge on any atom is -0.494 e. The highest BCUT2D eigenvalue weighted by Crippen LogP contribution is 2.16. The van der Waals surface area contributed by atoms with Crippen LogP contribution in [0.1, 0.15) is 27.6 Å². The molecule has 2 amide bonds. The van der Waals surface area contributed by atoms with Gasteiger partial charge in [0.15, 0.2) is 0 Å². The van der Waals surface area contributed by atoms with E-state index in [1.165, 1.54) is 0 Å². The number of carbonyl (C=O) groups excluding carboxylic acids is 2. The molecule has 6 heteroatoms. The normalized spacial score (nSPS) is 14.0. The van der Waals surface area contributed by atoms with Crippen molar-refractivity contribution in [2.75, 3.05) is 38.2 Å². The maximum absolute atomic E-state index is 12.4. The Bertz CT molecular complexity index is 750. The molecule has 3 rings (SSSR count). The summed E-state index contributed by atoms with van der Waals surface area (Å²) in [5.74, 6) is 0.507. The summed E-state index contributed by atoms with van der Waals surface area (Å²) >= 11 is 0. The summed E-state index contributed by atoms with van der Waals surface area (Å²) in [6, 6.07) is 13.9. The van der Waals surface area contributed by atoms with E-state index >= 15 is 0 Å². The van der Waals surface area contributed by atoms with Crippen LogP contribution in [0, 0.1) is 0 Å². The van der Waals surface area contributed by atoms with E-state index < -0.39 is 0 Å². The van der Waals surface area contributed by atoms with Crippen molar-refractivity contribution in [1.29, 1.82) is 0 Å². The number of nitrogens with zero attached hydrogens (tertiary/aromatic N) is 1. The van der Waals surface area contributed by atoms with E-state index in [4.69, 9.17) is 9.47 Å². The molecule has 1 aliphatic heterocycles. The number of benzene rings is 2. The van der Waals surface area contributed by atoms with Crippen LogP contribution in [0.15, 0.2) is 48.5 Å². The number of rotatable bonds is 5. The van der Waals surface area contributed by atoms with Crippen LogP contribution in [0.5, 0.6) is 5.75 Å². The maximum atomic E-state index is 12.4. The van der Waals surface area contributed by atoms with E-state index in [0.29, 0.717) is 49.7 Å². The van der Waals surface area contributed by atoms with Crippen LogP contribution in [0.4, 0.5) is 5.69 Å². The summed E-state index contributed by atoms with van der Waals surface area (Å²) < 4.78 is 10.6. The lowest BCUT2D eigenvalue weighted by molar-refractivity contribution is 0.0303. The number of ether oxygens (including phenoxy) is 2. The van der Waals surface area contributed by atoms with Crippen molar-refractivity contribution < 1.29 is 19.1 Å². The molecule has 0 aromatic heterocycles. The van der Waals surface area contributed by atoms with Crippen molar-refractivity contribution in [1.82, 2.24) is 4.90 Å². The molecular formula is C20H22N2O4. The molecule has 2 aromatic carbocycles. The first-order valence-electron chi connectivity index (χ1n) is 8.68. The summed E-state index contributed by atoms with van der Waals surface area (Å²) in [4.78, 5) is 26.5. The summed E-state index contributed by atoms with van der Waals surface area (Å²) in [6.07, 6.45) is 0. The zero-order valence-electron chi connectivity index (χ0n) is 14.7. The number of amides is 2. The van der Waals surface area contributed by atoms with Crippen LogP contribution in [0.2, 0.25) is 0 Å². The second-order valence-corrected chi connectivity index (χ2v) is 5.89. The van der Waals surface area contributed by atoms with E-state index in [0.717, 1.165) is 5.75 Å². The number of hydrogen-bond donors (Lipinski definition) is 1. The lowest BCUT2D eigenvalue weighted by Crippen LogP contribution is -2.40. The van der Waals surface area contributed by atoms with Gasteiger partial charge in [-0.3, -0.25) is 9.59 Å². The zero-order valence-corrected chi connectivity index (χ0v) is 14.7. The Morgan fingerprint density at radius 1 is 1.00 bits per heavy atom. The Hall–Kier alpha value is -2.86. The van der Waals surface area contributed by atoms with Gasteiger partial charge in [-0.1, -0.05) is 0 Å². The van der Waals surface area contributed by atoms with E-state index in [2.05, 4.69) is 5.32 Å². The lowest BCUT2D eigenvalue weighted by Gasteiger charge is -2.26. The first kappa shape index (κ1) is 17.9. The van der Waals surface area contributed by atoms with Gasteiger partial charge in [0.25, 0.3) is 11.8 Å². The SMILES string of the molecule is CCOc1ccc(C(=O)Nc2ccc(C(=O)N3CCOCC3)cc2)cc1. The lowest BCUT2D eigenvalue weighted by atomic mass is 10.1. The van der Waals surface area contributed by atoms with Gasteiger partial charge in [0, 0.05) is 29.9 Å². The molecule has 26 heavy (non-hydrogen) atoms. The van der Waals surface area contributed by atoms with Gasteiger partial charge in [-0.15, -0.1) is 0 Å². The number of carbonyl (C=O) groups is 2. The Kier molecular flexibility index (Phi) is 5.86. The van der Waals surface area contributed by atoms with Gasteiger partial charge in [-0.2, -0.15) is 0 Å². The highest BCUT2D eigenvalue weighted by atomic mass is 16.5. The molecule has 0 unspecified atom stereocenters. The number of hydrogen-bond acceptors (Lipinski definition) is 4. The summed E-state index contributed by atoms with van der Waals surface area (Å²) in [5, 5.41) is 2.83. The average molecular weight is 354 g/mol. The van der Waals surface area contributed by atoms with Crippen LogP contribution >= 0.6 is 0 Å². The maximum Gasteiger partial charge on any atom is 0.255 e. The molecule has 1 aliphatic rings. The molecular weight excluding hydrogens is 332 g/mol. The molecule has 136 valence electrons. The molecule has 6 nitrogen and oxygen atoms in total. The quantitative estimate of drug-likeness (QED) is 0.897. The number of morpholine rings is 1. The molecule has 0 atom stereocenters. The van der Waals surface area contributed by atoms with Gasteiger partial charge < -0.3 is 19.7 Å². The number of nitrogens with one attached hydrogen (secondary N) is 1. The smallest absolute Gasteiger partial charge is 0.255 e. The number of anilines is 1. The van der Waals surface area contributed by atoms with Gasteiger partial charge in [-0.25, -0.2) is 0 Å². The van der Waals surface area contributed by atoms with E-state index in [1.54, 1.807) is 53.4 Å². The predicted octanol–water partition coefficient (Wildman–Crippen LogP) is 2.81. The summed E-state index contributed by atoms with van der Waals surface area (Å²) in [7, 11) is 0. The van der Waals surface area contributed by atoms with Crippen molar-refractivity contribution >= 4 is 17.5 Å². The molecule has 0 aliphatic carbocycles. The van der Waals surface area contributed by atoms with Gasteiger partial charge >= 0.3 is 0 Å². The van der Waals surface area contributed by atoms with Gasteiger partial charge in [0.2, 0.25) is 0 Å². The second-order valence-electron chi connectivity index (χ2n) is 5.89. The molecule has 1 fully saturated rings. The third kappa shape index (κ3) is 4.40. The Balaban J connectivity index is 1.61. The fourth-order valence-electron chi connectivity index (χ4n) is 2.72. The zero-order chi connectivity index (χ0) is 18.4. The molecule has 0 spiro atoms. The minimum atomic E-state index is -0.208. The minimum absolute atomic E-state index is 0.0160. The topological polar surface area (TPSA) is 67.9 Å². The third-order valence-corrected chi connectivity index (χ3v) is 4.12. The Labute approximate surface area is 152 Å². The molecule has 0 bridgehead atoms. The fraction of sp³-hybridized carbons (Fsp3) is 0.300. The van der Waals surface area contributed by atoms with Crippen LogP contribution in [-0.4, -0.2) is 49.6 Å². The Morgan fingerprint density at radius 3 is 2.23 bits per heavy atom. The molecule has 1 saturated heterocycles. The third-order valence-electron chi connectivity index (χ3n) is 4.12. The van der Waals surface area contributed by atoms with E-state index in [9.17, 15) is 9.59 Å². The average Bonchev–Trinajstić information content (AvgIpc) is 2.69. The molecule has 0 saturated carbocycles. The van der Waals surface area contributed by atoms with Crippen molar-refractivity contribution in [3.63, 3.8) is 0 Å². The van der Waals surface area contributed by atoms with Gasteiger partial charge in [-0.05, 0) is 55.5 Å². The standard InChI is InChI=1S/C20H22N2O4/c1-2-26-18-9-5-15(6-10-18)19(23)21-17-7-3-16(4-8-17)20(24)22-11-13-25-14-12-22/h3-10H,2,11-14H2,1H3,(H,21,23). The monoisotopic (exact) mass is 354 g/mol. The molecule has 1 heterocycles. The van der Waals surface area contributed by atoms with Crippen LogP contribution in [0.25, 0.3) is 0 Å². The van der Waals surface area contributed by atoms with E-state index in [1.807, 2.05) is 6.92 Å². The van der Waals surface area contributed by atoms with Crippen molar-refractivity contribution in [2.24, 2.45) is 0 Å². The highest BCUT2D eigenvalue weighted by Gasteiger charge is 2.18. The van der Waals surface area contributed by atoms with Crippen LogP contribution in [0.3, 0.4) is 0 Å².